The van der Waals surface area contributed by atoms with Crippen LogP contribution < -0.4 is 4.90 Å². The summed E-state index contributed by atoms with van der Waals surface area (Å²) < 4.78 is 0. The van der Waals surface area contributed by atoms with Crippen LogP contribution in [0.3, 0.4) is 0 Å². The van der Waals surface area contributed by atoms with Gasteiger partial charge in [-0.2, -0.15) is 0 Å². The second-order valence-corrected chi connectivity index (χ2v) is 5.74. The molecular formula is C15H16N2O4. The molecule has 1 heterocycles. The number of fused-ring (bicyclic) bond motifs is 1. The van der Waals surface area contributed by atoms with Crippen molar-refractivity contribution in [3.8, 4) is 0 Å². The van der Waals surface area contributed by atoms with Crippen LogP contribution in [0.2, 0.25) is 0 Å². The third-order valence-electron chi connectivity index (χ3n) is 4.49. The number of amides is 2. The smallest absolute Gasteiger partial charge is 0.274 e. The van der Waals surface area contributed by atoms with E-state index in [2.05, 4.69) is 0 Å². The van der Waals surface area contributed by atoms with Gasteiger partial charge in [0.25, 0.3) is 5.69 Å². The fraction of sp³-hybridized carbons (Fsp3) is 0.467. The van der Waals surface area contributed by atoms with Crippen molar-refractivity contribution >= 4 is 23.2 Å². The second kappa shape index (κ2) is 4.95. The molecule has 1 saturated carbocycles. The van der Waals surface area contributed by atoms with Crippen molar-refractivity contribution in [3.05, 3.63) is 33.9 Å². The molecule has 110 valence electrons. The van der Waals surface area contributed by atoms with Crippen LogP contribution in [0.5, 0.6) is 0 Å². The van der Waals surface area contributed by atoms with Crippen LogP contribution >= 0.6 is 0 Å². The minimum absolute atomic E-state index is 0.0667. The molecule has 2 atom stereocenters. The highest BCUT2D eigenvalue weighted by molar-refractivity contribution is 6.22. The summed E-state index contributed by atoms with van der Waals surface area (Å²) in [6, 6.07) is 4.51. The van der Waals surface area contributed by atoms with Crippen molar-refractivity contribution in [2.45, 2.75) is 32.6 Å². The number of carbonyl (C=O) groups is 2. The summed E-state index contributed by atoms with van der Waals surface area (Å²) in [6.07, 6.45) is 3.39. The molecular weight excluding hydrogens is 272 g/mol. The number of rotatable bonds is 2. The maximum absolute atomic E-state index is 12.5. The number of anilines is 1. The number of benzene rings is 1. The number of imide groups is 1. The molecule has 1 aliphatic heterocycles. The van der Waals surface area contributed by atoms with Crippen molar-refractivity contribution in [1.82, 2.24) is 0 Å². The van der Waals surface area contributed by atoms with E-state index in [0.29, 0.717) is 11.3 Å². The summed E-state index contributed by atoms with van der Waals surface area (Å²) in [7, 11) is 0. The fourth-order valence-corrected chi connectivity index (χ4v) is 3.35. The molecule has 6 nitrogen and oxygen atoms in total. The van der Waals surface area contributed by atoms with Gasteiger partial charge in [0.2, 0.25) is 11.8 Å². The number of carbonyl (C=O) groups excluding carboxylic acids is 2. The van der Waals surface area contributed by atoms with E-state index in [1.165, 1.54) is 6.07 Å². The summed E-state index contributed by atoms with van der Waals surface area (Å²) in [4.78, 5) is 36.6. The fourth-order valence-electron chi connectivity index (χ4n) is 3.35. The molecule has 0 radical (unpaired) electrons. The molecule has 0 aromatic heterocycles. The maximum atomic E-state index is 12.5. The zero-order valence-electron chi connectivity index (χ0n) is 11.7. The van der Waals surface area contributed by atoms with Gasteiger partial charge in [-0.25, -0.2) is 4.90 Å². The lowest BCUT2D eigenvalue weighted by atomic mass is 9.81. The van der Waals surface area contributed by atoms with E-state index < -0.39 is 4.92 Å². The number of hydrogen-bond donors (Lipinski definition) is 0. The second-order valence-electron chi connectivity index (χ2n) is 5.74. The molecule has 0 N–H and O–H groups in total. The molecule has 2 aliphatic rings. The molecule has 0 spiro atoms. The van der Waals surface area contributed by atoms with Gasteiger partial charge in [-0.15, -0.1) is 0 Å². The van der Waals surface area contributed by atoms with Gasteiger partial charge in [0.15, 0.2) is 0 Å². The van der Waals surface area contributed by atoms with Gasteiger partial charge in [-0.1, -0.05) is 18.9 Å². The van der Waals surface area contributed by atoms with Crippen LogP contribution in [-0.2, 0) is 9.59 Å². The first kappa shape index (κ1) is 13.7. The van der Waals surface area contributed by atoms with Crippen molar-refractivity contribution in [1.29, 1.82) is 0 Å². The van der Waals surface area contributed by atoms with Gasteiger partial charge >= 0.3 is 0 Å². The van der Waals surface area contributed by atoms with Gasteiger partial charge < -0.3 is 0 Å². The summed E-state index contributed by atoms with van der Waals surface area (Å²) in [5.74, 6) is -0.899. The molecule has 1 saturated heterocycles. The molecule has 3 rings (SSSR count). The Morgan fingerprint density at radius 3 is 2.24 bits per heavy atom. The summed E-state index contributed by atoms with van der Waals surface area (Å²) >= 11 is 0. The normalized spacial score (nSPS) is 25.1. The molecule has 1 aromatic carbocycles. The SMILES string of the molecule is Cc1ccc(N2C(=O)[C@H]3CCCC[C@@H]3C2=O)cc1[N+](=O)[O-]. The zero-order chi connectivity index (χ0) is 15.1. The Balaban J connectivity index is 2.00. The van der Waals surface area contributed by atoms with E-state index in [9.17, 15) is 19.7 Å². The predicted octanol–water partition coefficient (Wildman–Crippen LogP) is 2.58. The first-order chi connectivity index (χ1) is 10.0. The van der Waals surface area contributed by atoms with Crippen molar-refractivity contribution in [2.75, 3.05) is 4.90 Å². The minimum Gasteiger partial charge on any atom is -0.274 e. The van der Waals surface area contributed by atoms with Gasteiger partial charge in [0, 0.05) is 11.6 Å². The topological polar surface area (TPSA) is 80.5 Å². The van der Waals surface area contributed by atoms with Crippen LogP contribution in [0.15, 0.2) is 18.2 Å². The largest absolute Gasteiger partial charge is 0.274 e. The number of hydrogen-bond acceptors (Lipinski definition) is 4. The first-order valence-electron chi connectivity index (χ1n) is 7.13. The molecule has 1 aliphatic carbocycles. The van der Waals surface area contributed by atoms with E-state index in [1.807, 2.05) is 0 Å². The number of aryl methyl sites for hydroxylation is 1. The molecule has 21 heavy (non-hydrogen) atoms. The van der Waals surface area contributed by atoms with E-state index in [-0.39, 0.29) is 29.3 Å². The van der Waals surface area contributed by atoms with Crippen LogP contribution in [0, 0.1) is 28.9 Å². The number of nitro benzene ring substituents is 1. The Hall–Kier alpha value is -2.24. The molecule has 1 aromatic rings. The molecule has 2 amide bonds. The zero-order valence-corrected chi connectivity index (χ0v) is 11.7. The van der Waals surface area contributed by atoms with Gasteiger partial charge in [0.1, 0.15) is 0 Å². The van der Waals surface area contributed by atoms with Gasteiger partial charge in [-0.3, -0.25) is 19.7 Å². The minimum atomic E-state index is -0.489. The first-order valence-corrected chi connectivity index (χ1v) is 7.13. The quantitative estimate of drug-likeness (QED) is 0.476. The number of nitro groups is 1. The monoisotopic (exact) mass is 288 g/mol. The lowest BCUT2D eigenvalue weighted by molar-refractivity contribution is -0.385. The Morgan fingerprint density at radius 1 is 1.14 bits per heavy atom. The Morgan fingerprint density at radius 2 is 1.71 bits per heavy atom. The standard InChI is InChI=1S/C15H16N2O4/c1-9-6-7-10(8-13(9)17(20)21)16-14(18)11-4-2-3-5-12(11)15(16)19/h6-8,11-12H,2-5H2,1H3/t11-,12-/m0/s1. The van der Waals surface area contributed by atoms with E-state index in [4.69, 9.17) is 0 Å². The predicted molar refractivity (Wildman–Crippen MR) is 75.8 cm³/mol. The van der Waals surface area contributed by atoms with Crippen molar-refractivity contribution in [3.63, 3.8) is 0 Å². The van der Waals surface area contributed by atoms with E-state index >= 15 is 0 Å². The number of nitrogens with zero attached hydrogens (tertiary/aromatic N) is 2. The van der Waals surface area contributed by atoms with Crippen molar-refractivity contribution in [2.24, 2.45) is 11.8 Å². The highest BCUT2D eigenvalue weighted by Gasteiger charge is 2.48. The van der Waals surface area contributed by atoms with Gasteiger partial charge in [0.05, 0.1) is 22.4 Å². The third-order valence-corrected chi connectivity index (χ3v) is 4.49. The Bertz CT molecular complexity index is 617. The molecule has 0 bridgehead atoms. The average Bonchev–Trinajstić information content (AvgIpc) is 2.72. The Labute approximate surface area is 121 Å². The Kier molecular flexibility index (Phi) is 3.23. The summed E-state index contributed by atoms with van der Waals surface area (Å²) in [5.41, 5.74) is 0.764. The molecule has 0 unspecified atom stereocenters. The summed E-state index contributed by atoms with van der Waals surface area (Å²) in [6.45, 7) is 1.63. The average molecular weight is 288 g/mol. The van der Waals surface area contributed by atoms with Crippen LogP contribution in [0.25, 0.3) is 0 Å². The van der Waals surface area contributed by atoms with Crippen LogP contribution in [-0.4, -0.2) is 16.7 Å². The van der Waals surface area contributed by atoms with Gasteiger partial charge in [-0.05, 0) is 25.8 Å². The van der Waals surface area contributed by atoms with Crippen LogP contribution in [0.4, 0.5) is 11.4 Å². The highest BCUT2D eigenvalue weighted by Crippen LogP contribution is 2.40. The van der Waals surface area contributed by atoms with E-state index in [0.717, 1.165) is 30.6 Å². The third kappa shape index (κ3) is 2.11. The summed E-state index contributed by atoms with van der Waals surface area (Å²) in [5, 5.41) is 11.0. The maximum Gasteiger partial charge on any atom is 0.274 e. The lowest BCUT2D eigenvalue weighted by Crippen LogP contribution is -2.30. The molecule has 6 heteroatoms. The van der Waals surface area contributed by atoms with Crippen molar-refractivity contribution < 1.29 is 14.5 Å². The lowest BCUT2D eigenvalue weighted by Gasteiger charge is -2.19. The van der Waals surface area contributed by atoms with E-state index in [1.54, 1.807) is 19.1 Å². The van der Waals surface area contributed by atoms with Crippen LogP contribution in [0.1, 0.15) is 31.2 Å². The highest BCUT2D eigenvalue weighted by atomic mass is 16.6. The molecule has 2 fully saturated rings.